The third-order valence-electron chi connectivity index (χ3n) is 3.85. The molecule has 1 aromatic heterocycles. The van der Waals surface area contributed by atoms with Crippen LogP contribution in [0.2, 0.25) is 0 Å². The van der Waals surface area contributed by atoms with Crippen LogP contribution in [0.4, 0.5) is 18.2 Å². The van der Waals surface area contributed by atoms with E-state index in [2.05, 4.69) is 11.1 Å². The molecule has 0 saturated carbocycles. The third kappa shape index (κ3) is 3.15. The van der Waals surface area contributed by atoms with Crippen LogP contribution in [0.5, 0.6) is 0 Å². The average Bonchev–Trinajstić information content (AvgIpc) is 2.89. The van der Waals surface area contributed by atoms with Crippen molar-refractivity contribution in [3.8, 4) is 6.07 Å². The normalized spacial score (nSPS) is 14.7. The molecule has 2 nitrogen and oxygen atoms in total. The number of nitrogens with zero attached hydrogens (tertiary/aromatic N) is 2. The molecule has 1 aromatic carbocycles. The molecule has 0 atom stereocenters. The molecule has 3 rings (SSSR count). The van der Waals surface area contributed by atoms with Crippen LogP contribution in [0, 0.1) is 11.3 Å². The molecule has 0 aliphatic heterocycles. The van der Waals surface area contributed by atoms with Gasteiger partial charge in [0.05, 0.1) is 11.1 Å². The zero-order valence-electron chi connectivity index (χ0n) is 12.2. The fraction of sp³-hybridized carbons (Fsp3) is 0.294. The first-order valence-corrected chi connectivity index (χ1v) is 8.07. The zero-order chi connectivity index (χ0) is 16.4. The number of hydrogen-bond acceptors (Lipinski definition) is 3. The molecule has 118 valence electrons. The lowest BCUT2D eigenvalue weighted by Gasteiger charge is -2.09. The van der Waals surface area contributed by atoms with E-state index in [-0.39, 0.29) is 5.56 Å². The maximum absolute atomic E-state index is 13.0. The average molecular weight is 334 g/mol. The third-order valence-corrected chi connectivity index (χ3v) is 5.05. The number of halogens is 3. The molecule has 0 fully saturated rings. The second-order valence-electron chi connectivity index (χ2n) is 5.35. The van der Waals surface area contributed by atoms with E-state index in [0.717, 1.165) is 42.2 Å². The highest BCUT2D eigenvalue weighted by molar-refractivity contribution is 7.16. The van der Waals surface area contributed by atoms with Crippen molar-refractivity contribution < 1.29 is 13.2 Å². The van der Waals surface area contributed by atoms with Gasteiger partial charge in [-0.1, -0.05) is 18.2 Å². The highest BCUT2D eigenvalue weighted by atomic mass is 32.1. The molecule has 1 aliphatic carbocycles. The van der Waals surface area contributed by atoms with Crippen LogP contribution in [-0.4, -0.2) is 6.21 Å². The Morgan fingerprint density at radius 3 is 2.65 bits per heavy atom. The van der Waals surface area contributed by atoms with Gasteiger partial charge in [-0.25, -0.2) is 4.99 Å². The van der Waals surface area contributed by atoms with Gasteiger partial charge in [-0.15, -0.1) is 11.3 Å². The van der Waals surface area contributed by atoms with E-state index < -0.39 is 11.7 Å². The fourth-order valence-corrected chi connectivity index (χ4v) is 3.94. The Bertz CT molecular complexity index is 797. The van der Waals surface area contributed by atoms with Gasteiger partial charge in [-0.05, 0) is 37.3 Å². The van der Waals surface area contributed by atoms with Crippen LogP contribution in [0.15, 0.2) is 29.3 Å². The van der Waals surface area contributed by atoms with Crippen LogP contribution in [0.1, 0.15) is 40.0 Å². The molecular formula is C17H13F3N2S. The lowest BCUT2D eigenvalue weighted by atomic mass is 9.96. The van der Waals surface area contributed by atoms with Crippen LogP contribution in [-0.2, 0) is 19.0 Å². The number of thiophene rings is 1. The Balaban J connectivity index is 1.99. The predicted molar refractivity (Wildman–Crippen MR) is 84.4 cm³/mol. The first-order valence-electron chi connectivity index (χ1n) is 7.25. The van der Waals surface area contributed by atoms with Crippen molar-refractivity contribution in [1.82, 2.24) is 0 Å². The van der Waals surface area contributed by atoms with Crippen molar-refractivity contribution in [3.63, 3.8) is 0 Å². The fourth-order valence-electron chi connectivity index (χ4n) is 2.75. The van der Waals surface area contributed by atoms with Gasteiger partial charge in [-0.2, -0.15) is 18.4 Å². The number of alkyl halides is 3. The molecule has 0 bridgehead atoms. The molecule has 0 N–H and O–H groups in total. The first kappa shape index (κ1) is 15.8. The molecule has 0 amide bonds. The van der Waals surface area contributed by atoms with Gasteiger partial charge in [0.15, 0.2) is 0 Å². The number of nitriles is 1. The summed E-state index contributed by atoms with van der Waals surface area (Å²) < 4.78 is 39.0. The van der Waals surface area contributed by atoms with E-state index in [1.807, 2.05) is 0 Å². The van der Waals surface area contributed by atoms with Gasteiger partial charge >= 0.3 is 6.18 Å². The van der Waals surface area contributed by atoms with E-state index in [1.54, 1.807) is 6.07 Å². The highest BCUT2D eigenvalue weighted by Gasteiger charge is 2.32. The summed E-state index contributed by atoms with van der Waals surface area (Å²) in [4.78, 5) is 5.34. The van der Waals surface area contributed by atoms with Crippen molar-refractivity contribution in [2.24, 2.45) is 4.99 Å². The lowest BCUT2D eigenvalue weighted by molar-refractivity contribution is -0.137. The molecule has 0 unspecified atom stereocenters. The summed E-state index contributed by atoms with van der Waals surface area (Å²) in [6.07, 6.45) is 0.681. The summed E-state index contributed by atoms with van der Waals surface area (Å²) in [6, 6.07) is 7.47. The molecule has 1 heterocycles. The second-order valence-corrected chi connectivity index (χ2v) is 6.43. The summed E-state index contributed by atoms with van der Waals surface area (Å²) in [6.45, 7) is 0. The number of aryl methyl sites for hydroxylation is 1. The van der Waals surface area contributed by atoms with E-state index >= 15 is 0 Å². The number of rotatable bonds is 2. The Labute approximate surface area is 135 Å². The standard InChI is InChI=1S/C17H13F3N2S/c18-17(19,20)14-7-3-1-5-11(14)10-22-16-13(9-21)12-6-2-4-8-15(12)23-16/h1,3,5,7,10H,2,4,6,8H2/b22-10+. The van der Waals surface area contributed by atoms with E-state index in [0.29, 0.717) is 10.6 Å². The summed E-state index contributed by atoms with van der Waals surface area (Å²) in [5.41, 5.74) is 0.837. The number of benzene rings is 1. The molecular weight excluding hydrogens is 321 g/mol. The van der Waals surface area contributed by atoms with Crippen LogP contribution >= 0.6 is 11.3 Å². The Kier molecular flexibility index (Phi) is 4.22. The monoisotopic (exact) mass is 334 g/mol. The molecule has 6 heteroatoms. The van der Waals surface area contributed by atoms with Gasteiger partial charge in [0.25, 0.3) is 0 Å². The van der Waals surface area contributed by atoms with Gasteiger partial charge in [0.1, 0.15) is 11.1 Å². The van der Waals surface area contributed by atoms with E-state index in [4.69, 9.17) is 0 Å². The minimum atomic E-state index is -4.42. The second kappa shape index (κ2) is 6.17. The van der Waals surface area contributed by atoms with Crippen molar-refractivity contribution in [2.45, 2.75) is 31.9 Å². The van der Waals surface area contributed by atoms with Crippen LogP contribution in [0.3, 0.4) is 0 Å². The van der Waals surface area contributed by atoms with Crippen LogP contribution < -0.4 is 0 Å². The van der Waals surface area contributed by atoms with Gasteiger partial charge in [0, 0.05) is 16.7 Å². The maximum Gasteiger partial charge on any atom is 0.417 e. The topological polar surface area (TPSA) is 36.1 Å². The zero-order valence-corrected chi connectivity index (χ0v) is 13.0. The Morgan fingerprint density at radius 2 is 1.91 bits per heavy atom. The smallest absolute Gasteiger partial charge is 0.244 e. The van der Waals surface area contributed by atoms with E-state index in [9.17, 15) is 18.4 Å². The summed E-state index contributed by atoms with van der Waals surface area (Å²) in [7, 11) is 0. The predicted octanol–water partition coefficient (Wildman–Crippen LogP) is 5.27. The van der Waals surface area contributed by atoms with Crippen molar-refractivity contribution in [1.29, 1.82) is 5.26 Å². The Hall–Kier alpha value is -2.13. The SMILES string of the molecule is N#Cc1c(/N=C/c2ccccc2C(F)(F)F)sc2c1CCCC2. The molecule has 0 spiro atoms. The van der Waals surface area contributed by atoms with Crippen LogP contribution in [0.25, 0.3) is 0 Å². The molecule has 0 saturated heterocycles. The largest absolute Gasteiger partial charge is 0.417 e. The number of aliphatic imine (C=N–C) groups is 1. The van der Waals surface area contributed by atoms with Gasteiger partial charge < -0.3 is 0 Å². The molecule has 23 heavy (non-hydrogen) atoms. The van der Waals surface area contributed by atoms with Gasteiger partial charge in [0.2, 0.25) is 0 Å². The summed E-state index contributed by atoms with van der Waals surface area (Å²) in [5.74, 6) is 0. The first-order chi connectivity index (χ1) is 11.0. The summed E-state index contributed by atoms with van der Waals surface area (Å²) in [5, 5.41) is 9.86. The number of hydrogen-bond donors (Lipinski definition) is 0. The van der Waals surface area contributed by atoms with E-state index in [1.165, 1.54) is 29.7 Å². The molecule has 1 aliphatic rings. The highest BCUT2D eigenvalue weighted by Crippen LogP contribution is 2.39. The van der Waals surface area contributed by atoms with Gasteiger partial charge in [-0.3, -0.25) is 0 Å². The number of fused-ring (bicyclic) bond motifs is 1. The summed E-state index contributed by atoms with van der Waals surface area (Å²) >= 11 is 1.42. The minimum absolute atomic E-state index is 0.00950. The molecule has 2 aromatic rings. The molecule has 0 radical (unpaired) electrons. The quantitative estimate of drug-likeness (QED) is 0.689. The minimum Gasteiger partial charge on any atom is -0.244 e. The van der Waals surface area contributed by atoms with Crippen molar-refractivity contribution >= 4 is 22.6 Å². The van der Waals surface area contributed by atoms with Crippen molar-refractivity contribution in [3.05, 3.63) is 51.4 Å². The van der Waals surface area contributed by atoms with Crippen molar-refractivity contribution in [2.75, 3.05) is 0 Å². The lowest BCUT2D eigenvalue weighted by Crippen LogP contribution is -2.08. The Morgan fingerprint density at radius 1 is 1.17 bits per heavy atom. The maximum atomic E-state index is 13.0.